The number of benzene rings is 1. The Balaban J connectivity index is 1.94. The van der Waals surface area contributed by atoms with Crippen LogP contribution in [-0.4, -0.2) is 65.4 Å². The number of piperazine rings is 1. The van der Waals surface area contributed by atoms with Crippen LogP contribution in [0.1, 0.15) is 0 Å². The highest BCUT2D eigenvalue weighted by atomic mass is 32.2. The Kier molecular flexibility index (Phi) is 5.73. The molecule has 0 aliphatic carbocycles. The van der Waals surface area contributed by atoms with Crippen molar-refractivity contribution in [3.8, 4) is 5.75 Å². The molecule has 22 heavy (non-hydrogen) atoms. The Hall–Kier alpha value is -1.67. The Morgan fingerprint density at radius 1 is 1.41 bits per heavy atom. The predicted molar refractivity (Wildman–Crippen MR) is 82.6 cm³/mol. The number of amides is 1. The zero-order valence-electron chi connectivity index (χ0n) is 12.3. The van der Waals surface area contributed by atoms with Gasteiger partial charge in [0.1, 0.15) is 23.9 Å². The lowest BCUT2D eigenvalue weighted by molar-refractivity contribution is 0.142. The number of rotatable bonds is 5. The van der Waals surface area contributed by atoms with Crippen LogP contribution in [0.2, 0.25) is 0 Å². The number of hydrogen-bond acceptors (Lipinski definition) is 4. The number of carboxylic acid groups (broad SMARTS) is 1. The first kappa shape index (κ1) is 16.7. The molecule has 0 saturated carbocycles. The second kappa shape index (κ2) is 7.55. The molecule has 0 radical (unpaired) electrons. The summed E-state index contributed by atoms with van der Waals surface area (Å²) < 4.78 is 30.5. The highest BCUT2D eigenvalue weighted by molar-refractivity contribution is 7.90. The fraction of sp³-hybridized carbons (Fsp3) is 0.500. The largest absolute Gasteiger partial charge is 0.616 e. The van der Waals surface area contributed by atoms with Crippen LogP contribution in [0.5, 0.6) is 5.75 Å². The third kappa shape index (κ3) is 4.41. The predicted octanol–water partition coefficient (Wildman–Crippen LogP) is 1.38. The molecule has 1 aromatic carbocycles. The standard InChI is InChI=1S/C14H19FN2O4S/c1-22(20)9-8-21-11-2-3-13(12(15)10-11)16-4-6-17(7-5-16)14(18)19/h2-3,10H,4-9H2,1H3,(H,18,19)/t22-/m1/s1. The molecule has 2 rings (SSSR count). The topological polar surface area (TPSA) is 76.1 Å². The van der Waals surface area contributed by atoms with E-state index in [0.29, 0.717) is 43.4 Å². The monoisotopic (exact) mass is 330 g/mol. The van der Waals surface area contributed by atoms with Crippen molar-refractivity contribution >= 4 is 23.0 Å². The summed E-state index contributed by atoms with van der Waals surface area (Å²) in [6, 6.07) is 4.60. The van der Waals surface area contributed by atoms with Crippen molar-refractivity contribution in [3.63, 3.8) is 0 Å². The van der Waals surface area contributed by atoms with E-state index >= 15 is 0 Å². The molecule has 122 valence electrons. The van der Waals surface area contributed by atoms with Crippen molar-refractivity contribution in [3.05, 3.63) is 24.0 Å². The Labute approximate surface area is 131 Å². The maximum atomic E-state index is 14.2. The molecule has 1 atom stereocenters. The van der Waals surface area contributed by atoms with Crippen LogP contribution < -0.4 is 9.64 Å². The molecule has 0 bridgehead atoms. The van der Waals surface area contributed by atoms with Crippen molar-refractivity contribution in [2.45, 2.75) is 0 Å². The third-order valence-electron chi connectivity index (χ3n) is 3.45. The van der Waals surface area contributed by atoms with E-state index in [9.17, 15) is 13.7 Å². The molecular weight excluding hydrogens is 311 g/mol. The molecule has 1 amide bonds. The molecule has 8 heteroatoms. The Bertz CT molecular complexity index is 522. The van der Waals surface area contributed by atoms with E-state index in [-0.39, 0.29) is 6.61 Å². The lowest BCUT2D eigenvalue weighted by atomic mass is 10.2. The molecule has 1 aromatic rings. The summed E-state index contributed by atoms with van der Waals surface area (Å²) in [6.07, 6.45) is 0.640. The van der Waals surface area contributed by atoms with E-state index in [4.69, 9.17) is 9.84 Å². The first-order valence-electron chi connectivity index (χ1n) is 6.92. The van der Waals surface area contributed by atoms with Crippen LogP contribution in [0.3, 0.4) is 0 Å². The second-order valence-corrected chi connectivity index (χ2v) is 6.55. The minimum atomic E-state index is -0.947. The first-order chi connectivity index (χ1) is 10.5. The van der Waals surface area contributed by atoms with Crippen LogP contribution in [0.4, 0.5) is 14.9 Å². The molecule has 1 aliphatic heterocycles. The number of anilines is 1. The molecule has 1 N–H and O–H groups in total. The third-order valence-corrected chi connectivity index (χ3v) is 4.19. The summed E-state index contributed by atoms with van der Waals surface area (Å²) in [5.74, 6) is 0.398. The normalized spacial score (nSPS) is 16.5. The average Bonchev–Trinajstić information content (AvgIpc) is 2.47. The zero-order valence-corrected chi connectivity index (χ0v) is 13.1. The summed E-state index contributed by atoms with van der Waals surface area (Å²) in [5.41, 5.74) is 0.441. The van der Waals surface area contributed by atoms with Gasteiger partial charge in [-0.1, -0.05) is 11.2 Å². The van der Waals surface area contributed by atoms with E-state index in [0.717, 1.165) is 0 Å². The van der Waals surface area contributed by atoms with Crippen LogP contribution in [0.15, 0.2) is 18.2 Å². The van der Waals surface area contributed by atoms with Gasteiger partial charge in [-0.05, 0) is 12.1 Å². The van der Waals surface area contributed by atoms with Crippen molar-refractivity contribution in [1.82, 2.24) is 4.90 Å². The fourth-order valence-corrected chi connectivity index (χ4v) is 2.57. The van der Waals surface area contributed by atoms with Gasteiger partial charge >= 0.3 is 6.09 Å². The van der Waals surface area contributed by atoms with Crippen molar-refractivity contribution in [1.29, 1.82) is 0 Å². The molecular formula is C14H19FN2O4S. The molecule has 6 nitrogen and oxygen atoms in total. The summed E-state index contributed by atoms with van der Waals surface area (Å²) in [5, 5.41) is 8.90. The summed E-state index contributed by atoms with van der Waals surface area (Å²) >= 11 is -0.940. The molecule has 0 aromatic heterocycles. The first-order valence-corrected chi connectivity index (χ1v) is 8.65. The molecule has 1 saturated heterocycles. The maximum absolute atomic E-state index is 14.2. The lowest BCUT2D eigenvalue weighted by Crippen LogP contribution is -2.48. The zero-order chi connectivity index (χ0) is 16.1. The quantitative estimate of drug-likeness (QED) is 0.826. The van der Waals surface area contributed by atoms with Gasteiger partial charge < -0.3 is 24.2 Å². The number of halogens is 1. The summed E-state index contributed by atoms with van der Waals surface area (Å²) in [6.45, 7) is 1.90. The highest BCUT2D eigenvalue weighted by Crippen LogP contribution is 2.25. The van der Waals surface area contributed by atoms with Gasteiger partial charge in [0, 0.05) is 32.2 Å². The molecule has 1 heterocycles. The van der Waals surface area contributed by atoms with Gasteiger partial charge in [0.25, 0.3) is 0 Å². The average molecular weight is 330 g/mol. The highest BCUT2D eigenvalue weighted by Gasteiger charge is 2.22. The van der Waals surface area contributed by atoms with E-state index in [1.807, 2.05) is 4.90 Å². The Morgan fingerprint density at radius 2 is 2.09 bits per heavy atom. The Morgan fingerprint density at radius 3 is 2.64 bits per heavy atom. The van der Waals surface area contributed by atoms with Crippen LogP contribution >= 0.6 is 0 Å². The van der Waals surface area contributed by atoms with E-state index in [1.165, 1.54) is 11.0 Å². The minimum absolute atomic E-state index is 0.277. The van der Waals surface area contributed by atoms with Gasteiger partial charge in [0.15, 0.2) is 0 Å². The molecule has 1 aliphatic rings. The van der Waals surface area contributed by atoms with Crippen LogP contribution in [-0.2, 0) is 11.2 Å². The minimum Gasteiger partial charge on any atom is -0.616 e. The summed E-state index contributed by atoms with van der Waals surface area (Å²) in [7, 11) is 0. The van der Waals surface area contributed by atoms with Crippen LogP contribution in [0.25, 0.3) is 0 Å². The van der Waals surface area contributed by atoms with Gasteiger partial charge in [-0.2, -0.15) is 0 Å². The van der Waals surface area contributed by atoms with Gasteiger partial charge in [-0.25, -0.2) is 9.18 Å². The number of ether oxygens (including phenoxy) is 1. The van der Waals surface area contributed by atoms with Crippen molar-refractivity contribution < 1.29 is 23.6 Å². The number of nitrogens with zero attached hydrogens (tertiary/aromatic N) is 2. The van der Waals surface area contributed by atoms with Gasteiger partial charge in [0.2, 0.25) is 0 Å². The SMILES string of the molecule is C[S@@+]([O-])CCOc1ccc(N2CCN(C(=O)O)CC2)c(F)c1. The maximum Gasteiger partial charge on any atom is 0.407 e. The number of hydrogen-bond donors (Lipinski definition) is 1. The van der Waals surface area contributed by atoms with Gasteiger partial charge in [-0.15, -0.1) is 0 Å². The summed E-state index contributed by atoms with van der Waals surface area (Å²) in [4.78, 5) is 14.0. The second-order valence-electron chi connectivity index (χ2n) is 5.00. The molecule has 1 fully saturated rings. The molecule has 0 unspecified atom stereocenters. The fourth-order valence-electron chi connectivity index (χ4n) is 2.25. The van der Waals surface area contributed by atoms with Gasteiger partial charge in [-0.3, -0.25) is 0 Å². The van der Waals surface area contributed by atoms with E-state index in [2.05, 4.69) is 0 Å². The van der Waals surface area contributed by atoms with E-state index in [1.54, 1.807) is 18.4 Å². The van der Waals surface area contributed by atoms with Crippen molar-refractivity contribution in [2.24, 2.45) is 0 Å². The smallest absolute Gasteiger partial charge is 0.407 e. The van der Waals surface area contributed by atoms with E-state index < -0.39 is 23.1 Å². The van der Waals surface area contributed by atoms with Crippen molar-refractivity contribution in [2.75, 3.05) is 49.7 Å². The van der Waals surface area contributed by atoms with Gasteiger partial charge in [0.05, 0.1) is 11.9 Å². The van der Waals surface area contributed by atoms with Crippen LogP contribution in [0, 0.1) is 5.82 Å². The molecule has 0 spiro atoms. The lowest BCUT2D eigenvalue weighted by Gasteiger charge is -2.34. The number of carbonyl (C=O) groups is 1.